The van der Waals surface area contributed by atoms with Crippen LogP contribution in [0, 0.1) is 27.7 Å². The Bertz CT molecular complexity index is 1300. The van der Waals surface area contributed by atoms with Crippen molar-refractivity contribution >= 4 is 11.7 Å². The SMILES string of the molecule is Cc1ccc(CN2C(=O)C[C@H](c3ccccc3)c3c(C)nn(-c4nc(C)cc(C)n4)c32)cc1. The molecule has 6 nitrogen and oxygen atoms in total. The number of benzene rings is 2. The third-order valence-corrected chi connectivity index (χ3v) is 6.19. The molecule has 4 aromatic rings. The normalized spacial score (nSPS) is 15.6. The second-order valence-electron chi connectivity index (χ2n) is 8.82. The number of carbonyl (C=O) groups excluding carboxylic acids is 1. The quantitative estimate of drug-likeness (QED) is 0.452. The maximum absolute atomic E-state index is 13.6. The van der Waals surface area contributed by atoms with Crippen LogP contribution in [0.2, 0.25) is 0 Å². The van der Waals surface area contributed by atoms with Crippen LogP contribution in [0.15, 0.2) is 60.7 Å². The number of aryl methyl sites for hydroxylation is 4. The van der Waals surface area contributed by atoms with Gasteiger partial charge in [0.1, 0.15) is 5.82 Å². The van der Waals surface area contributed by atoms with Gasteiger partial charge in [0.15, 0.2) is 0 Å². The molecule has 0 N–H and O–H groups in total. The van der Waals surface area contributed by atoms with E-state index in [1.165, 1.54) is 5.56 Å². The van der Waals surface area contributed by atoms with E-state index >= 15 is 0 Å². The third-order valence-electron chi connectivity index (χ3n) is 6.19. The Morgan fingerprint density at radius 1 is 0.909 bits per heavy atom. The summed E-state index contributed by atoms with van der Waals surface area (Å²) in [6.07, 6.45) is 0.406. The van der Waals surface area contributed by atoms with Gasteiger partial charge in [-0.3, -0.25) is 9.69 Å². The molecule has 1 aliphatic rings. The van der Waals surface area contributed by atoms with E-state index in [1.807, 2.05) is 49.9 Å². The van der Waals surface area contributed by atoms with Crippen molar-refractivity contribution < 1.29 is 4.79 Å². The van der Waals surface area contributed by atoms with Crippen LogP contribution in [0.25, 0.3) is 5.95 Å². The summed E-state index contributed by atoms with van der Waals surface area (Å²) < 4.78 is 1.76. The summed E-state index contributed by atoms with van der Waals surface area (Å²) in [7, 11) is 0. The zero-order valence-corrected chi connectivity index (χ0v) is 19.4. The average Bonchev–Trinajstić information content (AvgIpc) is 3.14. The Hall–Kier alpha value is -3.80. The van der Waals surface area contributed by atoms with E-state index in [1.54, 1.807) is 4.68 Å². The summed E-state index contributed by atoms with van der Waals surface area (Å²) in [5.74, 6) is 1.28. The van der Waals surface area contributed by atoms with Crippen molar-refractivity contribution in [2.45, 2.75) is 46.6 Å². The van der Waals surface area contributed by atoms with E-state index in [2.05, 4.69) is 53.3 Å². The van der Waals surface area contributed by atoms with Crippen molar-refractivity contribution in [3.8, 4) is 5.95 Å². The molecule has 166 valence electrons. The molecular weight excluding hydrogens is 410 g/mol. The van der Waals surface area contributed by atoms with Gasteiger partial charge >= 0.3 is 0 Å². The molecule has 2 aromatic carbocycles. The number of fused-ring (bicyclic) bond motifs is 1. The first kappa shape index (κ1) is 21.1. The van der Waals surface area contributed by atoms with Crippen molar-refractivity contribution in [1.29, 1.82) is 0 Å². The van der Waals surface area contributed by atoms with Crippen LogP contribution in [-0.2, 0) is 11.3 Å². The summed E-state index contributed by atoms with van der Waals surface area (Å²) in [6, 6.07) is 20.4. The van der Waals surface area contributed by atoms with E-state index in [9.17, 15) is 4.79 Å². The predicted molar refractivity (Wildman–Crippen MR) is 129 cm³/mol. The van der Waals surface area contributed by atoms with Crippen LogP contribution in [0.4, 0.5) is 5.82 Å². The number of carbonyl (C=O) groups is 1. The minimum absolute atomic E-state index is 0.0531. The van der Waals surface area contributed by atoms with Crippen LogP contribution in [0.3, 0.4) is 0 Å². The molecule has 1 amide bonds. The highest BCUT2D eigenvalue weighted by molar-refractivity contribution is 5.97. The van der Waals surface area contributed by atoms with Crippen molar-refractivity contribution in [3.05, 3.63) is 100.0 Å². The van der Waals surface area contributed by atoms with Gasteiger partial charge in [-0.25, -0.2) is 9.97 Å². The van der Waals surface area contributed by atoms with Gasteiger partial charge < -0.3 is 0 Å². The molecule has 0 bridgehead atoms. The number of hydrogen-bond donors (Lipinski definition) is 0. The summed E-state index contributed by atoms with van der Waals surface area (Å²) >= 11 is 0. The molecule has 0 unspecified atom stereocenters. The highest BCUT2D eigenvalue weighted by atomic mass is 16.2. The van der Waals surface area contributed by atoms with Gasteiger partial charge in [0.05, 0.1) is 12.2 Å². The Kier molecular flexibility index (Phi) is 5.29. The minimum Gasteiger partial charge on any atom is -0.292 e. The van der Waals surface area contributed by atoms with Crippen molar-refractivity contribution in [3.63, 3.8) is 0 Å². The number of aromatic nitrogens is 4. The Balaban J connectivity index is 1.70. The summed E-state index contributed by atoms with van der Waals surface area (Å²) in [4.78, 5) is 24.7. The van der Waals surface area contributed by atoms with Gasteiger partial charge in [-0.05, 0) is 44.9 Å². The summed E-state index contributed by atoms with van der Waals surface area (Å²) in [6.45, 7) is 8.44. The number of anilines is 1. The van der Waals surface area contributed by atoms with Gasteiger partial charge in [0, 0.05) is 29.3 Å². The standard InChI is InChI=1S/C27H27N5O/c1-17-10-12-21(13-11-17)16-31-24(33)15-23(22-8-6-5-7-9-22)25-20(4)30-32(26(25)31)27-28-18(2)14-19(3)29-27/h5-14,23H,15-16H2,1-4H3/t23-/m1/s1. The van der Waals surface area contributed by atoms with Crippen LogP contribution >= 0.6 is 0 Å². The van der Waals surface area contributed by atoms with Gasteiger partial charge in [0.2, 0.25) is 5.91 Å². The smallest absolute Gasteiger partial charge is 0.252 e. The van der Waals surface area contributed by atoms with Gasteiger partial charge in [-0.2, -0.15) is 9.78 Å². The van der Waals surface area contributed by atoms with Crippen molar-refractivity contribution in [1.82, 2.24) is 19.7 Å². The number of amides is 1. The van der Waals surface area contributed by atoms with Crippen molar-refractivity contribution in [2.24, 2.45) is 0 Å². The number of rotatable bonds is 4. The van der Waals surface area contributed by atoms with Crippen LogP contribution in [0.1, 0.15) is 51.7 Å². The molecule has 0 saturated carbocycles. The van der Waals surface area contributed by atoms with E-state index in [4.69, 9.17) is 5.10 Å². The highest BCUT2D eigenvalue weighted by Gasteiger charge is 2.38. The molecule has 0 fully saturated rings. The maximum Gasteiger partial charge on any atom is 0.252 e. The average molecular weight is 438 g/mol. The minimum atomic E-state index is -0.0531. The largest absolute Gasteiger partial charge is 0.292 e. The number of nitrogens with zero attached hydrogens (tertiary/aromatic N) is 5. The Morgan fingerprint density at radius 2 is 1.58 bits per heavy atom. The molecule has 3 heterocycles. The van der Waals surface area contributed by atoms with E-state index < -0.39 is 0 Å². The molecular formula is C27H27N5O. The van der Waals surface area contributed by atoms with Crippen molar-refractivity contribution in [2.75, 3.05) is 4.90 Å². The Labute approximate surface area is 193 Å². The first-order valence-electron chi connectivity index (χ1n) is 11.2. The van der Waals surface area contributed by atoms with Gasteiger partial charge in [-0.1, -0.05) is 60.2 Å². The van der Waals surface area contributed by atoms with Crippen LogP contribution < -0.4 is 4.90 Å². The second-order valence-corrected chi connectivity index (χ2v) is 8.82. The van der Waals surface area contributed by atoms with Crippen LogP contribution in [-0.4, -0.2) is 25.7 Å². The lowest BCUT2D eigenvalue weighted by atomic mass is 9.85. The fourth-order valence-corrected chi connectivity index (χ4v) is 4.65. The lowest BCUT2D eigenvalue weighted by molar-refractivity contribution is -0.119. The molecule has 2 aromatic heterocycles. The molecule has 1 aliphatic heterocycles. The lowest BCUT2D eigenvalue weighted by Gasteiger charge is -2.33. The first-order chi connectivity index (χ1) is 15.9. The maximum atomic E-state index is 13.6. The van der Waals surface area contributed by atoms with E-state index in [0.717, 1.165) is 39.6 Å². The second kappa shape index (κ2) is 8.28. The molecule has 33 heavy (non-hydrogen) atoms. The molecule has 5 rings (SSSR count). The molecule has 6 heteroatoms. The monoisotopic (exact) mass is 437 g/mol. The molecule has 0 spiro atoms. The predicted octanol–water partition coefficient (Wildman–Crippen LogP) is 4.96. The first-order valence-corrected chi connectivity index (χ1v) is 11.2. The van der Waals surface area contributed by atoms with E-state index in [0.29, 0.717) is 18.9 Å². The highest BCUT2D eigenvalue weighted by Crippen LogP contribution is 2.43. The topological polar surface area (TPSA) is 63.9 Å². The summed E-state index contributed by atoms with van der Waals surface area (Å²) in [5.41, 5.74) is 7.07. The number of hydrogen-bond acceptors (Lipinski definition) is 4. The Morgan fingerprint density at radius 3 is 2.24 bits per heavy atom. The molecule has 0 aliphatic carbocycles. The third kappa shape index (κ3) is 3.93. The van der Waals surface area contributed by atoms with Crippen LogP contribution in [0.5, 0.6) is 0 Å². The van der Waals surface area contributed by atoms with Gasteiger partial charge in [-0.15, -0.1) is 0 Å². The summed E-state index contributed by atoms with van der Waals surface area (Å²) in [5, 5.41) is 4.86. The van der Waals surface area contributed by atoms with E-state index in [-0.39, 0.29) is 11.8 Å². The zero-order valence-electron chi connectivity index (χ0n) is 19.4. The molecule has 0 saturated heterocycles. The zero-order chi connectivity index (χ0) is 23.1. The molecule has 1 atom stereocenters. The lowest BCUT2D eigenvalue weighted by Crippen LogP contribution is -2.38. The van der Waals surface area contributed by atoms with Gasteiger partial charge in [0.25, 0.3) is 5.95 Å². The fourth-order valence-electron chi connectivity index (χ4n) is 4.65. The fraction of sp³-hybridized carbons (Fsp3) is 0.259. The molecule has 0 radical (unpaired) electrons.